The molecule has 9 heteroatoms. The zero-order chi connectivity index (χ0) is 19.0. The number of halogens is 1. The van der Waals surface area contributed by atoms with Gasteiger partial charge in [0.15, 0.2) is 15.0 Å². The summed E-state index contributed by atoms with van der Waals surface area (Å²) in [6, 6.07) is 13.7. The van der Waals surface area contributed by atoms with Gasteiger partial charge in [-0.15, -0.1) is 0 Å². The van der Waals surface area contributed by atoms with E-state index in [9.17, 15) is 13.2 Å². The summed E-state index contributed by atoms with van der Waals surface area (Å²) < 4.78 is 31.4. The average molecular weight is 421 g/mol. The fourth-order valence-electron chi connectivity index (χ4n) is 2.74. The lowest BCUT2D eigenvalue weighted by molar-refractivity contribution is -0.115. The maximum absolute atomic E-state index is 12.8. The Hall–Kier alpha value is -2.42. The van der Waals surface area contributed by atoms with Crippen molar-refractivity contribution in [2.75, 3.05) is 17.7 Å². The summed E-state index contributed by atoms with van der Waals surface area (Å²) in [5.74, 6) is -1.04. The number of carbonyl (C=O) groups excluding carboxylic acids is 1. The van der Waals surface area contributed by atoms with Crippen molar-refractivity contribution in [3.05, 3.63) is 64.9 Å². The first kappa shape index (κ1) is 18.0. The van der Waals surface area contributed by atoms with E-state index in [0.29, 0.717) is 21.2 Å². The van der Waals surface area contributed by atoms with Crippen LogP contribution in [0.25, 0.3) is 15.1 Å². The fraction of sp³-hybridized carbons (Fsp3) is 0.111. The molecule has 0 atom stereocenters. The molecule has 0 radical (unpaired) electrons. The van der Waals surface area contributed by atoms with Gasteiger partial charge in [-0.3, -0.25) is 10.1 Å². The largest absolute Gasteiger partial charge is 0.486 e. The van der Waals surface area contributed by atoms with Crippen molar-refractivity contribution in [3.63, 3.8) is 0 Å². The summed E-state index contributed by atoms with van der Waals surface area (Å²) in [5.41, 5.74) is 1.10. The smallest absolute Gasteiger partial charge is 0.293 e. The van der Waals surface area contributed by atoms with Crippen molar-refractivity contribution in [2.45, 2.75) is 0 Å². The lowest BCUT2D eigenvalue weighted by Crippen LogP contribution is -2.28. The quantitative estimate of drug-likeness (QED) is 0.698. The molecule has 1 aromatic heterocycles. The molecule has 0 bridgehead atoms. The van der Waals surface area contributed by atoms with E-state index in [-0.39, 0.29) is 23.0 Å². The van der Waals surface area contributed by atoms with Gasteiger partial charge in [-0.2, -0.15) is 0 Å². The Labute approximate surface area is 164 Å². The first-order valence-electron chi connectivity index (χ1n) is 7.97. The van der Waals surface area contributed by atoms with Crippen LogP contribution in [0.3, 0.4) is 0 Å². The molecule has 0 fully saturated rings. The third kappa shape index (κ3) is 3.55. The van der Waals surface area contributed by atoms with Crippen molar-refractivity contribution in [1.82, 2.24) is 4.98 Å². The van der Waals surface area contributed by atoms with Crippen LogP contribution in [0.4, 0.5) is 5.13 Å². The van der Waals surface area contributed by atoms with Crippen molar-refractivity contribution < 1.29 is 17.9 Å². The van der Waals surface area contributed by atoms with Gasteiger partial charge in [-0.1, -0.05) is 53.3 Å². The van der Waals surface area contributed by atoms with Gasteiger partial charge in [0.25, 0.3) is 5.91 Å². The topological polar surface area (TPSA) is 85.4 Å². The summed E-state index contributed by atoms with van der Waals surface area (Å²) in [6.45, 7) is -0.0725. The lowest BCUT2D eigenvalue weighted by Gasteiger charge is -2.20. The zero-order valence-electron chi connectivity index (χ0n) is 13.8. The van der Waals surface area contributed by atoms with Crippen LogP contribution in [-0.4, -0.2) is 31.7 Å². The molecular formula is C18H13ClN2O4S2. The Bertz CT molecular complexity index is 1170. The number of rotatable bonds is 3. The van der Waals surface area contributed by atoms with E-state index in [1.54, 1.807) is 48.5 Å². The molecule has 4 rings (SSSR count). The Morgan fingerprint density at radius 1 is 1.19 bits per heavy atom. The minimum absolute atomic E-state index is 0.0725. The number of sulfone groups is 1. The highest BCUT2D eigenvalue weighted by molar-refractivity contribution is 8.00. The van der Waals surface area contributed by atoms with E-state index in [0.717, 1.165) is 4.70 Å². The number of ether oxygens (including phenoxy) is 1. The molecule has 2 aromatic carbocycles. The molecule has 0 spiro atoms. The number of nitrogens with zero attached hydrogens (tertiary/aromatic N) is 1. The van der Waals surface area contributed by atoms with Crippen LogP contribution < -0.4 is 5.32 Å². The zero-order valence-corrected chi connectivity index (χ0v) is 16.2. The normalized spacial score (nSPS) is 16.2. The van der Waals surface area contributed by atoms with Gasteiger partial charge in [-0.25, -0.2) is 13.4 Å². The molecule has 1 aliphatic heterocycles. The Balaban J connectivity index is 1.74. The first-order chi connectivity index (χ1) is 12.9. The molecule has 1 aliphatic rings. The number of aromatic nitrogens is 1. The second-order valence-corrected chi connectivity index (χ2v) is 9.29. The molecule has 0 saturated heterocycles. The first-order valence-corrected chi connectivity index (χ1v) is 10.8. The summed E-state index contributed by atoms with van der Waals surface area (Å²) in [5, 5.41) is 3.54. The standard InChI is InChI=1S/C18H13ClN2O4S2/c19-12-6-7-13-14(10-12)26-18(20-13)21-17(22)15-16(11-4-2-1-3-5-11)27(23,24)9-8-25-15/h1-7,10H,8-9H2,(H,20,21,22). The summed E-state index contributed by atoms with van der Waals surface area (Å²) in [4.78, 5) is 17.0. The lowest BCUT2D eigenvalue weighted by atomic mass is 10.2. The molecule has 1 N–H and O–H groups in total. The van der Waals surface area contributed by atoms with Gasteiger partial charge in [0.2, 0.25) is 5.76 Å². The van der Waals surface area contributed by atoms with Crippen molar-refractivity contribution >= 4 is 58.9 Å². The monoisotopic (exact) mass is 420 g/mol. The number of anilines is 1. The summed E-state index contributed by atoms with van der Waals surface area (Å²) in [6.07, 6.45) is 0. The third-order valence-electron chi connectivity index (χ3n) is 3.93. The minimum Gasteiger partial charge on any atom is -0.486 e. The number of hydrogen-bond donors (Lipinski definition) is 1. The molecule has 138 valence electrons. The molecule has 1 amide bonds. The summed E-state index contributed by atoms with van der Waals surface area (Å²) >= 11 is 7.22. The SMILES string of the molecule is O=C(Nc1nc2ccc(Cl)cc2s1)C1=C(c2ccccc2)S(=O)(=O)CCO1. The van der Waals surface area contributed by atoms with Crippen LogP contribution >= 0.6 is 22.9 Å². The number of carbonyl (C=O) groups is 1. The maximum atomic E-state index is 12.8. The molecule has 27 heavy (non-hydrogen) atoms. The van der Waals surface area contributed by atoms with Crippen LogP contribution in [0.5, 0.6) is 0 Å². The Morgan fingerprint density at radius 2 is 1.96 bits per heavy atom. The van der Waals surface area contributed by atoms with Crippen LogP contribution in [0.1, 0.15) is 5.56 Å². The number of thiazole rings is 1. The van der Waals surface area contributed by atoms with Gasteiger partial charge in [0, 0.05) is 5.02 Å². The van der Waals surface area contributed by atoms with Crippen LogP contribution in [0.15, 0.2) is 54.3 Å². The van der Waals surface area contributed by atoms with E-state index in [1.807, 2.05) is 0 Å². The van der Waals surface area contributed by atoms with E-state index >= 15 is 0 Å². The number of hydrogen-bond acceptors (Lipinski definition) is 6. The van der Waals surface area contributed by atoms with Gasteiger partial charge in [0.1, 0.15) is 11.5 Å². The number of benzene rings is 2. The van der Waals surface area contributed by atoms with E-state index in [4.69, 9.17) is 16.3 Å². The Morgan fingerprint density at radius 3 is 2.74 bits per heavy atom. The van der Waals surface area contributed by atoms with Gasteiger partial charge in [0.05, 0.1) is 16.0 Å². The third-order valence-corrected chi connectivity index (χ3v) is 6.84. The van der Waals surface area contributed by atoms with Crippen molar-refractivity contribution in [1.29, 1.82) is 0 Å². The molecular weight excluding hydrogens is 408 g/mol. The van der Waals surface area contributed by atoms with Crippen LogP contribution in [-0.2, 0) is 19.4 Å². The fourth-order valence-corrected chi connectivity index (χ4v) is 5.31. The van der Waals surface area contributed by atoms with Crippen molar-refractivity contribution in [3.8, 4) is 0 Å². The number of fused-ring (bicyclic) bond motifs is 1. The minimum atomic E-state index is -3.63. The van der Waals surface area contributed by atoms with E-state index < -0.39 is 15.7 Å². The Kier molecular flexibility index (Phi) is 4.63. The molecule has 3 aromatic rings. The highest BCUT2D eigenvalue weighted by Crippen LogP contribution is 2.32. The van der Waals surface area contributed by atoms with E-state index in [1.165, 1.54) is 11.3 Å². The van der Waals surface area contributed by atoms with Crippen molar-refractivity contribution in [2.24, 2.45) is 0 Å². The predicted octanol–water partition coefficient (Wildman–Crippen LogP) is 3.70. The van der Waals surface area contributed by atoms with Crippen LogP contribution in [0.2, 0.25) is 5.02 Å². The summed E-state index contributed by atoms with van der Waals surface area (Å²) in [7, 11) is -3.63. The molecule has 0 unspecified atom stereocenters. The molecule has 2 heterocycles. The number of nitrogens with one attached hydrogen (secondary N) is 1. The highest BCUT2D eigenvalue weighted by Gasteiger charge is 2.33. The van der Waals surface area contributed by atoms with Gasteiger partial charge >= 0.3 is 0 Å². The van der Waals surface area contributed by atoms with Gasteiger partial charge < -0.3 is 4.74 Å². The predicted molar refractivity (Wildman–Crippen MR) is 106 cm³/mol. The molecule has 0 aliphatic carbocycles. The number of amides is 1. The second kappa shape index (κ2) is 6.95. The van der Waals surface area contributed by atoms with Crippen LogP contribution in [0, 0.1) is 0 Å². The van der Waals surface area contributed by atoms with Gasteiger partial charge in [-0.05, 0) is 23.8 Å². The highest BCUT2D eigenvalue weighted by atomic mass is 35.5. The maximum Gasteiger partial charge on any atom is 0.293 e. The molecule has 0 saturated carbocycles. The second-order valence-electron chi connectivity index (χ2n) is 5.78. The average Bonchev–Trinajstić information content (AvgIpc) is 3.02. The van der Waals surface area contributed by atoms with E-state index in [2.05, 4.69) is 10.3 Å². The molecule has 6 nitrogen and oxygen atoms in total.